The molecule has 0 bridgehead atoms. The van der Waals surface area contributed by atoms with Crippen molar-refractivity contribution in [3.05, 3.63) is 78.4 Å². The lowest BCUT2D eigenvalue weighted by molar-refractivity contribution is 0.0988. The Kier molecular flexibility index (Phi) is 28.0. The van der Waals surface area contributed by atoms with Crippen molar-refractivity contribution < 1.29 is 4.79 Å². The van der Waals surface area contributed by atoms with Gasteiger partial charge in [0.25, 0.3) is 0 Å². The number of hydrogen-bond donors (Lipinski definition) is 0. The predicted octanol–water partition coefficient (Wildman–Crippen LogP) is 9.78. The minimum atomic E-state index is -0.104. The van der Waals surface area contributed by atoms with Crippen LogP contribution in [0.1, 0.15) is 103 Å². The number of rotatable bonds is 6. The fraction of sp³-hybridized carbons (Fsp3) is 0.467. The Labute approximate surface area is 199 Å². The summed E-state index contributed by atoms with van der Waals surface area (Å²) in [4.78, 5) is 11.0. The zero-order valence-electron chi connectivity index (χ0n) is 21.9. The maximum Gasteiger partial charge on any atom is 0.162 e. The van der Waals surface area contributed by atoms with Crippen LogP contribution in [-0.4, -0.2) is 5.78 Å². The first-order chi connectivity index (χ1) is 15.4. The summed E-state index contributed by atoms with van der Waals surface area (Å²) < 4.78 is 0. The largest absolute Gasteiger partial charge is 0.294 e. The Morgan fingerprint density at radius 2 is 1.22 bits per heavy atom. The van der Waals surface area contributed by atoms with Crippen molar-refractivity contribution in [1.29, 1.82) is 5.26 Å². The van der Waals surface area contributed by atoms with Crippen molar-refractivity contribution in [2.75, 3.05) is 0 Å². The first kappa shape index (κ1) is 34.0. The maximum atomic E-state index is 11.0. The highest BCUT2D eigenvalue weighted by molar-refractivity contribution is 5.95. The van der Waals surface area contributed by atoms with Crippen LogP contribution in [-0.2, 0) is 0 Å². The molecular weight excluding hydrogens is 390 g/mol. The summed E-state index contributed by atoms with van der Waals surface area (Å²) in [6.45, 7) is 20.3. The van der Waals surface area contributed by atoms with Gasteiger partial charge in [-0.3, -0.25) is 4.79 Å². The van der Waals surface area contributed by atoms with Gasteiger partial charge in [0.05, 0.1) is 12.0 Å². The molecule has 0 amide bonds. The summed E-state index contributed by atoms with van der Waals surface area (Å²) in [5, 5.41) is 8.66. The highest BCUT2D eigenvalue weighted by Gasteiger charge is 2.05. The average Bonchev–Trinajstić information content (AvgIpc) is 2.86. The number of unbranched alkanes of at least 4 members (excludes halogenated alkanes) is 2. The van der Waals surface area contributed by atoms with E-state index >= 15 is 0 Å². The molecule has 1 atom stereocenters. The van der Waals surface area contributed by atoms with Crippen LogP contribution in [0, 0.1) is 17.2 Å². The SMILES string of the molecule is C=C(c1ccccc1)C(C)C#N.CC.CCC.CCC(=O)c1ccccc1.CCCCC. The number of hydrogen-bond acceptors (Lipinski definition) is 2. The van der Waals surface area contributed by atoms with Crippen molar-refractivity contribution in [3.8, 4) is 6.07 Å². The van der Waals surface area contributed by atoms with Gasteiger partial charge in [-0.15, -0.1) is 0 Å². The molecule has 0 aliphatic rings. The topological polar surface area (TPSA) is 40.9 Å². The molecule has 0 radical (unpaired) electrons. The maximum absolute atomic E-state index is 11.0. The normalized spacial score (nSPS) is 9.34. The summed E-state index contributed by atoms with van der Waals surface area (Å²) >= 11 is 0. The summed E-state index contributed by atoms with van der Waals surface area (Å²) in [6, 6.07) is 21.3. The molecule has 0 aliphatic heterocycles. The fourth-order valence-corrected chi connectivity index (χ4v) is 2.16. The molecule has 0 fully saturated rings. The van der Waals surface area contributed by atoms with Crippen LogP contribution in [0.5, 0.6) is 0 Å². The Morgan fingerprint density at radius 1 is 0.844 bits per heavy atom. The van der Waals surface area contributed by atoms with Crippen LogP contribution < -0.4 is 0 Å². The van der Waals surface area contributed by atoms with Crippen LogP contribution in [0.2, 0.25) is 0 Å². The summed E-state index contributed by atoms with van der Waals surface area (Å²) in [7, 11) is 0. The van der Waals surface area contributed by atoms with Crippen molar-refractivity contribution in [2.24, 2.45) is 5.92 Å². The predicted molar refractivity (Wildman–Crippen MR) is 144 cm³/mol. The molecule has 178 valence electrons. The number of nitrogens with zero attached hydrogens (tertiary/aromatic N) is 1. The second-order valence-corrected chi connectivity index (χ2v) is 6.95. The van der Waals surface area contributed by atoms with E-state index in [-0.39, 0.29) is 11.7 Å². The first-order valence-corrected chi connectivity index (χ1v) is 12.1. The van der Waals surface area contributed by atoms with Gasteiger partial charge in [0.15, 0.2) is 5.78 Å². The lowest BCUT2D eigenvalue weighted by Gasteiger charge is -2.06. The molecule has 0 spiro atoms. The highest BCUT2D eigenvalue weighted by atomic mass is 16.1. The number of carbonyl (C=O) groups excluding carboxylic acids is 1. The van der Waals surface area contributed by atoms with Crippen molar-refractivity contribution in [1.82, 2.24) is 0 Å². The van der Waals surface area contributed by atoms with E-state index in [1.54, 1.807) is 0 Å². The van der Waals surface area contributed by atoms with Gasteiger partial charge >= 0.3 is 0 Å². The van der Waals surface area contributed by atoms with E-state index in [0.717, 1.165) is 16.7 Å². The number of Topliss-reactive ketones (excluding diaryl/α,β-unsaturated/α-hetero) is 1. The lowest BCUT2D eigenvalue weighted by Crippen LogP contribution is -1.94. The summed E-state index contributed by atoms with van der Waals surface area (Å²) in [6.07, 6.45) is 5.91. The van der Waals surface area contributed by atoms with Crippen LogP contribution >= 0.6 is 0 Å². The average molecular weight is 438 g/mol. The quantitative estimate of drug-likeness (QED) is 0.422. The minimum absolute atomic E-state index is 0.104. The summed E-state index contributed by atoms with van der Waals surface area (Å²) in [5.74, 6) is 0.105. The van der Waals surface area contributed by atoms with Crippen molar-refractivity contribution in [3.63, 3.8) is 0 Å². The molecule has 0 saturated carbocycles. The van der Waals surface area contributed by atoms with Crippen LogP contribution in [0.15, 0.2) is 67.2 Å². The van der Waals surface area contributed by atoms with Gasteiger partial charge in [-0.1, -0.05) is 141 Å². The van der Waals surface area contributed by atoms with Gasteiger partial charge < -0.3 is 0 Å². The fourth-order valence-electron chi connectivity index (χ4n) is 2.16. The molecule has 0 heterocycles. The Hall–Kier alpha value is -2.66. The standard InChI is InChI=1S/C11H11N.C9H10O.C5H12.C3H8.C2H6/c1-9(8-12)10(2)11-6-4-3-5-7-11;1-2-9(10)8-6-4-3-5-7-8;1-3-5-4-2;1-3-2;1-2/h3-7,9H,2H2,1H3;3-7H,2H2,1H3;3-5H2,1-2H3;3H2,1-2H3;1-2H3. The van der Waals surface area contributed by atoms with Crippen molar-refractivity contribution in [2.45, 2.75) is 87.5 Å². The first-order valence-electron chi connectivity index (χ1n) is 12.1. The molecule has 1 unspecified atom stereocenters. The van der Waals surface area contributed by atoms with Crippen LogP contribution in [0.4, 0.5) is 0 Å². The molecule has 0 saturated heterocycles. The van der Waals surface area contributed by atoms with E-state index in [0.29, 0.717) is 6.42 Å². The van der Waals surface area contributed by atoms with E-state index in [9.17, 15) is 4.79 Å². The molecule has 2 aromatic carbocycles. The van der Waals surface area contributed by atoms with Gasteiger partial charge in [-0.05, 0) is 18.1 Å². The molecule has 2 aromatic rings. The molecule has 2 nitrogen and oxygen atoms in total. The number of nitriles is 1. The van der Waals surface area contributed by atoms with Gasteiger partial charge in [0.1, 0.15) is 0 Å². The minimum Gasteiger partial charge on any atom is -0.294 e. The number of carbonyl (C=O) groups is 1. The van der Waals surface area contributed by atoms with Crippen LogP contribution in [0.3, 0.4) is 0 Å². The lowest BCUT2D eigenvalue weighted by atomic mass is 9.97. The Morgan fingerprint density at radius 3 is 1.50 bits per heavy atom. The van der Waals surface area contributed by atoms with Crippen LogP contribution in [0.25, 0.3) is 5.57 Å². The van der Waals surface area contributed by atoms with E-state index in [2.05, 4.69) is 40.3 Å². The Balaban J connectivity index is -0.000000378. The van der Waals surface area contributed by atoms with E-state index < -0.39 is 0 Å². The third-order valence-corrected chi connectivity index (χ3v) is 3.98. The zero-order chi connectivity index (χ0) is 25.2. The second kappa shape index (κ2) is 26.4. The Bertz CT molecular complexity index is 697. The second-order valence-electron chi connectivity index (χ2n) is 6.95. The molecule has 32 heavy (non-hydrogen) atoms. The zero-order valence-corrected chi connectivity index (χ0v) is 21.9. The molecule has 2 heteroatoms. The third-order valence-electron chi connectivity index (χ3n) is 3.98. The smallest absolute Gasteiger partial charge is 0.162 e. The van der Waals surface area contributed by atoms with E-state index in [1.165, 1.54) is 25.7 Å². The van der Waals surface area contributed by atoms with Gasteiger partial charge in [0.2, 0.25) is 0 Å². The monoisotopic (exact) mass is 437 g/mol. The van der Waals surface area contributed by atoms with E-state index in [4.69, 9.17) is 5.26 Å². The van der Waals surface area contributed by atoms with Crippen molar-refractivity contribution >= 4 is 11.4 Å². The van der Waals surface area contributed by atoms with E-state index in [1.807, 2.05) is 88.4 Å². The van der Waals surface area contributed by atoms with Gasteiger partial charge in [0, 0.05) is 12.0 Å². The number of benzene rings is 2. The molecule has 2 rings (SSSR count). The summed E-state index contributed by atoms with van der Waals surface area (Å²) in [5.41, 5.74) is 2.75. The molecule has 0 aromatic heterocycles. The number of allylic oxidation sites excluding steroid dienone is 1. The number of ketones is 1. The van der Waals surface area contributed by atoms with Gasteiger partial charge in [-0.2, -0.15) is 5.26 Å². The third kappa shape index (κ3) is 19.3. The molecule has 0 aliphatic carbocycles. The van der Waals surface area contributed by atoms with Gasteiger partial charge in [-0.25, -0.2) is 0 Å². The molecular formula is C30H47NO. The molecule has 0 N–H and O–H groups in total. The highest BCUT2D eigenvalue weighted by Crippen LogP contribution is 2.19.